The van der Waals surface area contributed by atoms with Crippen molar-refractivity contribution in [2.24, 2.45) is 0 Å². The summed E-state index contributed by atoms with van der Waals surface area (Å²) in [7, 11) is 2.02. The number of halogens is 1. The smallest absolute Gasteiger partial charge is 0.161 e. The van der Waals surface area contributed by atoms with Crippen molar-refractivity contribution in [2.75, 3.05) is 20.3 Å². The number of benzene rings is 1. The van der Waals surface area contributed by atoms with Gasteiger partial charge in [0.05, 0.1) is 0 Å². The fourth-order valence-electron chi connectivity index (χ4n) is 2.10. The first-order valence-corrected chi connectivity index (χ1v) is 7.41. The third-order valence-electron chi connectivity index (χ3n) is 2.99. The number of hydrogen-bond donors (Lipinski definition) is 0. The predicted octanol–water partition coefficient (Wildman–Crippen LogP) is 2.59. The molecule has 0 atom stereocenters. The van der Waals surface area contributed by atoms with Crippen LogP contribution in [0.4, 0.5) is 0 Å². The van der Waals surface area contributed by atoms with E-state index in [9.17, 15) is 0 Å². The lowest BCUT2D eigenvalue weighted by molar-refractivity contribution is 0.171. The molecule has 20 heavy (non-hydrogen) atoms. The van der Waals surface area contributed by atoms with Crippen LogP contribution in [-0.2, 0) is 13.1 Å². The van der Waals surface area contributed by atoms with Crippen molar-refractivity contribution < 1.29 is 9.47 Å². The number of ether oxygens (including phenoxy) is 2. The van der Waals surface area contributed by atoms with Gasteiger partial charge in [-0.15, -0.1) is 5.10 Å². The monoisotopic (exact) mass is 311 g/mol. The van der Waals surface area contributed by atoms with Crippen LogP contribution in [0.1, 0.15) is 11.3 Å². The minimum atomic E-state index is 0.604. The molecule has 106 valence electrons. The highest BCUT2D eigenvalue weighted by molar-refractivity contribution is 7.10. The summed E-state index contributed by atoms with van der Waals surface area (Å²) in [4.78, 5) is 2.13. The Hall–Kier alpha value is -1.37. The second kappa shape index (κ2) is 5.95. The molecule has 5 nitrogen and oxygen atoms in total. The summed E-state index contributed by atoms with van der Waals surface area (Å²) in [6, 6.07) is 6.02. The van der Waals surface area contributed by atoms with E-state index in [0.29, 0.717) is 24.1 Å². The zero-order valence-electron chi connectivity index (χ0n) is 11.0. The molecule has 0 saturated heterocycles. The quantitative estimate of drug-likeness (QED) is 0.868. The summed E-state index contributed by atoms with van der Waals surface area (Å²) >= 11 is 7.22. The molecule has 3 rings (SSSR count). The van der Waals surface area contributed by atoms with Gasteiger partial charge in [0.1, 0.15) is 23.2 Å². The van der Waals surface area contributed by atoms with Crippen LogP contribution in [0.15, 0.2) is 18.2 Å². The van der Waals surface area contributed by atoms with E-state index < -0.39 is 0 Å². The van der Waals surface area contributed by atoms with Crippen molar-refractivity contribution in [2.45, 2.75) is 13.1 Å². The van der Waals surface area contributed by atoms with Gasteiger partial charge in [0.2, 0.25) is 0 Å². The molecule has 0 unspecified atom stereocenters. The van der Waals surface area contributed by atoms with Gasteiger partial charge in [0, 0.05) is 24.6 Å². The molecule has 2 aromatic rings. The van der Waals surface area contributed by atoms with Crippen molar-refractivity contribution in [3.05, 3.63) is 33.8 Å². The van der Waals surface area contributed by atoms with Crippen molar-refractivity contribution in [1.29, 1.82) is 0 Å². The molecule has 0 amide bonds. The number of aromatic nitrogens is 2. The number of hydrogen-bond acceptors (Lipinski definition) is 6. The van der Waals surface area contributed by atoms with Gasteiger partial charge in [-0.2, -0.15) is 0 Å². The standard InChI is InChI=1S/C13H14ClN3O2S/c1-17(8-10-13(14)20-16-15-10)7-9-2-3-11-12(6-9)19-5-4-18-11/h2-3,6H,4-5,7-8H2,1H3. The van der Waals surface area contributed by atoms with Crippen LogP contribution in [0, 0.1) is 0 Å². The summed E-state index contributed by atoms with van der Waals surface area (Å²) in [5.41, 5.74) is 1.98. The topological polar surface area (TPSA) is 47.5 Å². The molecule has 0 fully saturated rings. The first kappa shape index (κ1) is 13.6. The van der Waals surface area contributed by atoms with Gasteiger partial charge in [-0.1, -0.05) is 22.2 Å². The van der Waals surface area contributed by atoms with Gasteiger partial charge < -0.3 is 9.47 Å². The molecule has 0 radical (unpaired) electrons. The highest BCUT2D eigenvalue weighted by Crippen LogP contribution is 2.31. The largest absolute Gasteiger partial charge is 0.486 e. The lowest BCUT2D eigenvalue weighted by atomic mass is 10.2. The Labute approximate surface area is 126 Å². The molecule has 0 N–H and O–H groups in total. The number of nitrogens with zero attached hydrogens (tertiary/aromatic N) is 3. The average Bonchev–Trinajstić information content (AvgIpc) is 2.84. The Kier molecular flexibility index (Phi) is 4.05. The van der Waals surface area contributed by atoms with Crippen LogP contribution >= 0.6 is 23.1 Å². The Morgan fingerprint density at radius 3 is 2.80 bits per heavy atom. The Balaban J connectivity index is 1.66. The normalized spacial score (nSPS) is 13.8. The minimum Gasteiger partial charge on any atom is -0.486 e. The number of fused-ring (bicyclic) bond motifs is 1. The van der Waals surface area contributed by atoms with E-state index in [0.717, 1.165) is 29.3 Å². The summed E-state index contributed by atoms with van der Waals surface area (Å²) < 4.78 is 15.6. The fourth-order valence-corrected chi connectivity index (χ4v) is 2.71. The predicted molar refractivity (Wildman–Crippen MR) is 77.5 cm³/mol. The third-order valence-corrected chi connectivity index (χ3v) is 3.97. The molecule has 0 spiro atoms. The van der Waals surface area contributed by atoms with Gasteiger partial charge in [0.25, 0.3) is 0 Å². The highest BCUT2D eigenvalue weighted by Gasteiger charge is 2.13. The fraction of sp³-hybridized carbons (Fsp3) is 0.385. The molecule has 7 heteroatoms. The molecule has 2 heterocycles. The molecular formula is C13H14ClN3O2S. The lowest BCUT2D eigenvalue weighted by Gasteiger charge is -2.20. The van der Waals surface area contributed by atoms with Gasteiger partial charge in [-0.3, -0.25) is 4.90 Å². The first-order chi connectivity index (χ1) is 9.72. The van der Waals surface area contributed by atoms with Gasteiger partial charge >= 0.3 is 0 Å². The van der Waals surface area contributed by atoms with E-state index in [1.165, 1.54) is 11.5 Å². The van der Waals surface area contributed by atoms with E-state index in [1.54, 1.807) is 0 Å². The van der Waals surface area contributed by atoms with Crippen molar-refractivity contribution in [1.82, 2.24) is 14.5 Å². The summed E-state index contributed by atoms with van der Waals surface area (Å²) in [5, 5.41) is 4.02. The summed E-state index contributed by atoms with van der Waals surface area (Å²) in [6.45, 7) is 2.67. The van der Waals surface area contributed by atoms with E-state index >= 15 is 0 Å². The van der Waals surface area contributed by atoms with Crippen LogP contribution < -0.4 is 9.47 Å². The molecular weight excluding hydrogens is 298 g/mol. The van der Waals surface area contributed by atoms with Crippen molar-refractivity contribution in [3.8, 4) is 11.5 Å². The van der Waals surface area contributed by atoms with Gasteiger partial charge in [-0.25, -0.2) is 0 Å². The van der Waals surface area contributed by atoms with E-state index in [1.807, 2.05) is 25.2 Å². The molecule has 0 bridgehead atoms. The van der Waals surface area contributed by atoms with Crippen LogP contribution in [0.3, 0.4) is 0 Å². The second-order valence-electron chi connectivity index (χ2n) is 4.64. The molecule has 1 aliphatic rings. The highest BCUT2D eigenvalue weighted by atomic mass is 35.5. The second-order valence-corrected chi connectivity index (χ2v) is 6.00. The average molecular weight is 312 g/mol. The summed E-state index contributed by atoms with van der Waals surface area (Å²) in [6.07, 6.45) is 0. The summed E-state index contributed by atoms with van der Waals surface area (Å²) in [5.74, 6) is 1.63. The van der Waals surface area contributed by atoms with E-state index in [4.69, 9.17) is 21.1 Å². The van der Waals surface area contributed by atoms with E-state index in [-0.39, 0.29) is 0 Å². The van der Waals surface area contributed by atoms with E-state index in [2.05, 4.69) is 14.5 Å². The van der Waals surface area contributed by atoms with Crippen LogP contribution in [0.2, 0.25) is 4.34 Å². The first-order valence-electron chi connectivity index (χ1n) is 6.26. The molecule has 0 aliphatic carbocycles. The van der Waals surface area contributed by atoms with Crippen LogP contribution in [0.25, 0.3) is 0 Å². The van der Waals surface area contributed by atoms with Crippen molar-refractivity contribution >= 4 is 23.1 Å². The number of rotatable bonds is 4. The zero-order valence-corrected chi connectivity index (χ0v) is 12.6. The maximum Gasteiger partial charge on any atom is 0.161 e. The lowest BCUT2D eigenvalue weighted by Crippen LogP contribution is -2.19. The third kappa shape index (κ3) is 3.03. The van der Waals surface area contributed by atoms with Gasteiger partial charge in [0.15, 0.2) is 11.5 Å². The zero-order chi connectivity index (χ0) is 13.9. The molecule has 0 saturated carbocycles. The maximum atomic E-state index is 6.01. The Morgan fingerprint density at radius 2 is 2.05 bits per heavy atom. The SMILES string of the molecule is CN(Cc1ccc2c(c1)OCCO2)Cc1nnsc1Cl. The van der Waals surface area contributed by atoms with Crippen LogP contribution in [-0.4, -0.2) is 34.7 Å². The van der Waals surface area contributed by atoms with Crippen molar-refractivity contribution in [3.63, 3.8) is 0 Å². The Morgan fingerprint density at radius 1 is 1.25 bits per heavy atom. The molecule has 1 aromatic heterocycles. The maximum absolute atomic E-state index is 6.01. The Bertz CT molecular complexity index is 605. The van der Waals surface area contributed by atoms with Crippen LogP contribution in [0.5, 0.6) is 11.5 Å². The molecule has 1 aromatic carbocycles. The minimum absolute atomic E-state index is 0.604. The van der Waals surface area contributed by atoms with Gasteiger partial charge in [-0.05, 0) is 24.7 Å². The molecule has 1 aliphatic heterocycles.